The van der Waals surface area contributed by atoms with E-state index in [4.69, 9.17) is 28.4 Å². The van der Waals surface area contributed by atoms with Crippen LogP contribution in [0.15, 0.2) is 12.2 Å². The molecule has 15 unspecified atom stereocenters. The van der Waals surface area contributed by atoms with E-state index in [9.17, 15) is 61.0 Å². The van der Waals surface area contributed by atoms with Crippen LogP contribution in [0, 0.1) is 0 Å². The first-order valence-corrected chi connectivity index (χ1v) is 23.4. The number of unbranched alkanes of at least 4 members (excludes halogenated alkanes) is 15. The van der Waals surface area contributed by atoms with Crippen LogP contribution in [0.2, 0.25) is 0 Å². The molecule has 19 heteroatoms. The van der Waals surface area contributed by atoms with Crippen LogP contribution < -0.4 is 5.32 Å². The van der Waals surface area contributed by atoms with Crippen molar-refractivity contribution in [2.45, 2.75) is 234 Å². The SMILES string of the molecule is CCCCCCCCCCCCC/C=C/[C@H](O)[C@H](COC1OC(CO)C(OC2OC(CO)C(OC3OC(CO)C(O)C(O)C3O)C(O)C2O)C(O)C1O)NC(=O)CCCCCCC. The third kappa shape index (κ3) is 17.9. The highest BCUT2D eigenvalue weighted by atomic mass is 16.8. The number of rotatable bonds is 31. The molecule has 12 N–H and O–H groups in total. The van der Waals surface area contributed by atoms with E-state index >= 15 is 0 Å². The fourth-order valence-electron chi connectivity index (χ4n) is 8.07. The lowest BCUT2D eigenvalue weighted by Crippen LogP contribution is -2.66. The minimum atomic E-state index is -1.97. The Morgan fingerprint density at radius 1 is 0.556 bits per heavy atom. The maximum absolute atomic E-state index is 13.0. The van der Waals surface area contributed by atoms with Crippen LogP contribution in [0.4, 0.5) is 0 Å². The second-order valence-electron chi connectivity index (χ2n) is 17.2. The Morgan fingerprint density at radius 2 is 0.984 bits per heavy atom. The Bertz CT molecular complexity index is 1230. The summed E-state index contributed by atoms with van der Waals surface area (Å²) < 4.78 is 33.9. The van der Waals surface area contributed by atoms with Crippen molar-refractivity contribution in [3.05, 3.63) is 12.2 Å². The molecule has 0 aromatic rings. The first-order valence-electron chi connectivity index (χ1n) is 23.4. The van der Waals surface area contributed by atoms with Gasteiger partial charge in [-0.3, -0.25) is 4.79 Å². The van der Waals surface area contributed by atoms with Crippen LogP contribution in [-0.4, -0.2) is 193 Å². The predicted octanol–water partition coefficient (Wildman–Crippen LogP) is -0.0852. The highest BCUT2D eigenvalue weighted by molar-refractivity contribution is 5.76. The standard InChI is InChI=1S/C44H81NO18/c1-3-5-7-9-10-11-12-13-14-15-16-18-19-21-28(49)27(45-32(50)22-20-17-8-6-4-2)26-58-42-38(56)35(53)40(30(24-47)60-42)63-44-39(57)36(54)41(31(25-48)61-44)62-43-37(55)34(52)33(51)29(23-46)59-43/h19,21,27-31,33-44,46-49,51-57H,3-18,20,22-26H2,1-2H3,(H,45,50)/b21-19+/t27-,28-,29?,30?,31?,33?,34?,35?,36?,37?,38?,39?,40?,41?,42?,43?,44?/m0/s1. The van der Waals surface area contributed by atoms with Gasteiger partial charge in [-0.05, 0) is 19.3 Å². The lowest BCUT2D eigenvalue weighted by atomic mass is 9.96. The fourth-order valence-corrected chi connectivity index (χ4v) is 8.07. The van der Waals surface area contributed by atoms with Crippen molar-refractivity contribution in [3.8, 4) is 0 Å². The molecule has 1 amide bonds. The lowest BCUT2D eigenvalue weighted by Gasteiger charge is -2.48. The van der Waals surface area contributed by atoms with Crippen molar-refractivity contribution in [2.75, 3.05) is 26.4 Å². The summed E-state index contributed by atoms with van der Waals surface area (Å²) in [5.74, 6) is -0.292. The largest absolute Gasteiger partial charge is 0.394 e. The highest BCUT2D eigenvalue weighted by Crippen LogP contribution is 2.33. The number of ether oxygens (including phenoxy) is 6. The molecule has 3 fully saturated rings. The smallest absolute Gasteiger partial charge is 0.220 e. The van der Waals surface area contributed by atoms with Gasteiger partial charge in [0.1, 0.15) is 73.2 Å². The average Bonchev–Trinajstić information content (AvgIpc) is 3.28. The summed E-state index contributed by atoms with van der Waals surface area (Å²) in [7, 11) is 0. The first-order chi connectivity index (χ1) is 30.3. The van der Waals surface area contributed by atoms with Crippen LogP contribution in [-0.2, 0) is 33.2 Å². The van der Waals surface area contributed by atoms with E-state index in [2.05, 4.69) is 19.2 Å². The Kier molecular flexibility index (Phi) is 27.3. The molecule has 19 nitrogen and oxygen atoms in total. The Balaban J connectivity index is 1.58. The number of carbonyl (C=O) groups is 1. The predicted molar refractivity (Wildman–Crippen MR) is 227 cm³/mol. The van der Waals surface area contributed by atoms with E-state index in [1.54, 1.807) is 6.08 Å². The molecule has 3 aliphatic heterocycles. The summed E-state index contributed by atoms with van der Waals surface area (Å²) in [5, 5.41) is 119. The molecule has 0 saturated carbocycles. The number of carbonyl (C=O) groups excluding carboxylic acids is 1. The molecule has 0 aromatic heterocycles. The Labute approximate surface area is 372 Å². The molecule has 0 radical (unpaired) electrons. The molecular weight excluding hydrogens is 830 g/mol. The molecule has 370 valence electrons. The van der Waals surface area contributed by atoms with Gasteiger partial charge in [0.15, 0.2) is 18.9 Å². The van der Waals surface area contributed by atoms with E-state index < -0.39 is 124 Å². The molecule has 3 heterocycles. The van der Waals surface area contributed by atoms with Gasteiger partial charge in [-0.2, -0.15) is 0 Å². The van der Waals surface area contributed by atoms with Crippen LogP contribution in [0.3, 0.4) is 0 Å². The van der Waals surface area contributed by atoms with Crippen molar-refractivity contribution in [1.29, 1.82) is 0 Å². The minimum absolute atomic E-state index is 0.240. The van der Waals surface area contributed by atoms with Gasteiger partial charge in [-0.1, -0.05) is 116 Å². The molecule has 0 aliphatic carbocycles. The van der Waals surface area contributed by atoms with Crippen molar-refractivity contribution in [3.63, 3.8) is 0 Å². The van der Waals surface area contributed by atoms with Gasteiger partial charge in [0, 0.05) is 6.42 Å². The second-order valence-corrected chi connectivity index (χ2v) is 17.2. The van der Waals surface area contributed by atoms with Crippen LogP contribution in [0.25, 0.3) is 0 Å². The molecular formula is C44H81NO18. The number of aliphatic hydroxyl groups is 11. The van der Waals surface area contributed by atoms with Crippen LogP contribution in [0.1, 0.15) is 129 Å². The van der Waals surface area contributed by atoms with Gasteiger partial charge in [0.2, 0.25) is 5.91 Å². The number of aliphatic hydroxyl groups excluding tert-OH is 11. The van der Waals surface area contributed by atoms with Gasteiger partial charge in [0.05, 0.1) is 38.6 Å². The molecule has 17 atom stereocenters. The van der Waals surface area contributed by atoms with E-state index in [1.165, 1.54) is 51.4 Å². The van der Waals surface area contributed by atoms with E-state index in [0.29, 0.717) is 6.42 Å². The van der Waals surface area contributed by atoms with Crippen molar-refractivity contribution < 1.29 is 89.4 Å². The summed E-state index contributed by atoms with van der Waals surface area (Å²) in [6.07, 6.45) is -4.24. The Morgan fingerprint density at radius 3 is 1.49 bits per heavy atom. The zero-order valence-electron chi connectivity index (χ0n) is 37.3. The number of amides is 1. The summed E-state index contributed by atoms with van der Waals surface area (Å²) in [4.78, 5) is 13.0. The van der Waals surface area contributed by atoms with E-state index in [0.717, 1.165) is 51.4 Å². The zero-order chi connectivity index (χ0) is 46.3. The summed E-state index contributed by atoms with van der Waals surface area (Å²) in [6, 6.07) is -0.961. The molecule has 3 aliphatic rings. The molecule has 3 rings (SSSR count). The fraction of sp³-hybridized carbons (Fsp3) is 0.932. The summed E-state index contributed by atoms with van der Waals surface area (Å²) in [5.41, 5.74) is 0. The average molecular weight is 912 g/mol. The van der Waals surface area contributed by atoms with E-state index in [-0.39, 0.29) is 18.9 Å². The topological polar surface area (TPSA) is 307 Å². The van der Waals surface area contributed by atoms with Crippen molar-refractivity contribution >= 4 is 5.91 Å². The lowest BCUT2D eigenvalue weighted by molar-refractivity contribution is -0.379. The van der Waals surface area contributed by atoms with Crippen molar-refractivity contribution in [1.82, 2.24) is 5.32 Å². The highest BCUT2D eigenvalue weighted by Gasteiger charge is 2.53. The quantitative estimate of drug-likeness (QED) is 0.0320. The van der Waals surface area contributed by atoms with E-state index in [1.807, 2.05) is 6.08 Å². The van der Waals surface area contributed by atoms with Crippen LogP contribution in [0.5, 0.6) is 0 Å². The number of allylic oxidation sites excluding steroid dienone is 1. The number of hydrogen-bond donors (Lipinski definition) is 12. The maximum Gasteiger partial charge on any atom is 0.220 e. The summed E-state index contributed by atoms with van der Waals surface area (Å²) >= 11 is 0. The maximum atomic E-state index is 13.0. The second kappa shape index (κ2) is 30.7. The van der Waals surface area contributed by atoms with Gasteiger partial charge < -0.3 is 89.9 Å². The first kappa shape index (κ1) is 55.9. The molecule has 3 saturated heterocycles. The number of hydrogen-bond acceptors (Lipinski definition) is 18. The molecule has 0 spiro atoms. The zero-order valence-corrected chi connectivity index (χ0v) is 37.3. The normalized spacial score (nSPS) is 34.9. The van der Waals surface area contributed by atoms with Gasteiger partial charge in [-0.25, -0.2) is 0 Å². The van der Waals surface area contributed by atoms with Gasteiger partial charge >= 0.3 is 0 Å². The van der Waals surface area contributed by atoms with Crippen LogP contribution >= 0.6 is 0 Å². The molecule has 63 heavy (non-hydrogen) atoms. The van der Waals surface area contributed by atoms with Crippen molar-refractivity contribution in [2.24, 2.45) is 0 Å². The Hall–Kier alpha value is -1.47. The van der Waals surface area contributed by atoms with Gasteiger partial charge in [-0.15, -0.1) is 0 Å². The third-order valence-electron chi connectivity index (χ3n) is 12.1. The monoisotopic (exact) mass is 912 g/mol. The minimum Gasteiger partial charge on any atom is -0.394 e. The number of nitrogens with one attached hydrogen (secondary N) is 1. The van der Waals surface area contributed by atoms with Gasteiger partial charge in [0.25, 0.3) is 0 Å². The molecule has 0 aromatic carbocycles. The third-order valence-corrected chi connectivity index (χ3v) is 12.1. The summed E-state index contributed by atoms with van der Waals surface area (Å²) in [6.45, 7) is 1.56. The molecule has 0 bridgehead atoms.